The van der Waals surface area contributed by atoms with Gasteiger partial charge in [-0.25, -0.2) is 0 Å². The van der Waals surface area contributed by atoms with Crippen LogP contribution < -0.4 is 5.32 Å². The molecule has 1 rings (SSSR count). The Morgan fingerprint density at radius 3 is 2.87 bits per heavy atom. The van der Waals surface area contributed by atoms with Gasteiger partial charge in [0.15, 0.2) is 4.67 Å². The SMILES string of the molecule is CC(CNC(=O)c1ccoc1Br)S(C)=O. The summed E-state index contributed by atoms with van der Waals surface area (Å²) >= 11 is 3.12. The van der Waals surface area contributed by atoms with E-state index in [0.29, 0.717) is 16.8 Å². The summed E-state index contributed by atoms with van der Waals surface area (Å²) in [6, 6.07) is 1.58. The highest BCUT2D eigenvalue weighted by Crippen LogP contribution is 2.16. The molecule has 0 fully saturated rings. The van der Waals surface area contributed by atoms with Gasteiger partial charge in [-0.3, -0.25) is 9.00 Å². The number of amides is 1. The molecule has 2 atom stereocenters. The number of halogens is 1. The van der Waals surface area contributed by atoms with Crippen LogP contribution in [0, 0.1) is 0 Å². The number of rotatable bonds is 4. The second-order valence-electron chi connectivity index (χ2n) is 3.13. The Bertz CT molecular complexity index is 377. The fourth-order valence-electron chi connectivity index (χ4n) is 0.905. The minimum absolute atomic E-state index is 0.0559. The van der Waals surface area contributed by atoms with Gasteiger partial charge < -0.3 is 9.73 Å². The minimum Gasteiger partial charge on any atom is -0.457 e. The maximum Gasteiger partial charge on any atom is 0.255 e. The Labute approximate surface area is 99.0 Å². The molecule has 84 valence electrons. The van der Waals surface area contributed by atoms with Crippen LogP contribution in [0.5, 0.6) is 0 Å². The van der Waals surface area contributed by atoms with Crippen molar-refractivity contribution in [2.45, 2.75) is 12.2 Å². The second kappa shape index (κ2) is 5.46. The predicted octanol–water partition coefficient (Wildman–Crippen LogP) is 1.54. The van der Waals surface area contributed by atoms with Gasteiger partial charge in [0.1, 0.15) is 0 Å². The zero-order valence-corrected chi connectivity index (χ0v) is 10.9. The van der Waals surface area contributed by atoms with Crippen LogP contribution in [0.1, 0.15) is 17.3 Å². The summed E-state index contributed by atoms with van der Waals surface area (Å²) in [5, 5.41) is 2.63. The normalized spacial score (nSPS) is 14.6. The van der Waals surface area contributed by atoms with Crippen molar-refractivity contribution < 1.29 is 13.4 Å². The Balaban J connectivity index is 2.51. The van der Waals surface area contributed by atoms with E-state index < -0.39 is 10.8 Å². The summed E-state index contributed by atoms with van der Waals surface area (Å²) in [6.45, 7) is 2.21. The van der Waals surface area contributed by atoms with Gasteiger partial charge >= 0.3 is 0 Å². The summed E-state index contributed by atoms with van der Waals surface area (Å²) in [6.07, 6.45) is 3.05. The summed E-state index contributed by atoms with van der Waals surface area (Å²) in [5.41, 5.74) is 0.448. The van der Waals surface area contributed by atoms with Crippen molar-refractivity contribution in [3.63, 3.8) is 0 Å². The molecule has 6 heteroatoms. The molecule has 0 aliphatic carbocycles. The standard InChI is InChI=1S/C9H12BrNO3S/c1-6(15(2)13)5-11-9(12)7-3-4-14-8(7)10/h3-4,6H,5H2,1-2H3,(H,11,12). The zero-order chi connectivity index (χ0) is 11.4. The van der Waals surface area contributed by atoms with Gasteiger partial charge in [0.2, 0.25) is 0 Å². The first kappa shape index (κ1) is 12.4. The monoisotopic (exact) mass is 293 g/mol. The van der Waals surface area contributed by atoms with Gasteiger partial charge in [-0.15, -0.1) is 0 Å². The Hall–Kier alpha value is -0.620. The third kappa shape index (κ3) is 3.46. The van der Waals surface area contributed by atoms with E-state index in [4.69, 9.17) is 4.42 Å². The maximum absolute atomic E-state index is 11.6. The van der Waals surface area contributed by atoms with E-state index >= 15 is 0 Å². The molecule has 1 heterocycles. The van der Waals surface area contributed by atoms with Crippen LogP contribution in [0.4, 0.5) is 0 Å². The van der Waals surface area contributed by atoms with Crippen molar-refractivity contribution >= 4 is 32.6 Å². The van der Waals surface area contributed by atoms with E-state index in [1.807, 2.05) is 6.92 Å². The zero-order valence-electron chi connectivity index (χ0n) is 8.45. The van der Waals surface area contributed by atoms with Crippen LogP contribution in [0.2, 0.25) is 0 Å². The van der Waals surface area contributed by atoms with Crippen molar-refractivity contribution in [2.24, 2.45) is 0 Å². The first-order valence-corrected chi connectivity index (χ1v) is 6.77. The average molecular weight is 294 g/mol. The van der Waals surface area contributed by atoms with Crippen LogP contribution in [-0.2, 0) is 10.8 Å². The molecule has 0 aliphatic rings. The molecule has 0 bridgehead atoms. The molecule has 1 amide bonds. The average Bonchev–Trinajstić information content (AvgIpc) is 2.60. The molecule has 0 aromatic carbocycles. The number of hydrogen-bond donors (Lipinski definition) is 1. The van der Waals surface area contributed by atoms with E-state index in [9.17, 15) is 9.00 Å². The molecule has 15 heavy (non-hydrogen) atoms. The smallest absolute Gasteiger partial charge is 0.255 e. The van der Waals surface area contributed by atoms with E-state index in [1.54, 1.807) is 12.3 Å². The van der Waals surface area contributed by atoms with Gasteiger partial charge in [-0.1, -0.05) is 0 Å². The van der Waals surface area contributed by atoms with Crippen LogP contribution in [-0.4, -0.2) is 28.2 Å². The summed E-state index contributed by atoms with van der Waals surface area (Å²) in [4.78, 5) is 11.6. The Morgan fingerprint density at radius 2 is 2.40 bits per heavy atom. The minimum atomic E-state index is -0.929. The lowest BCUT2D eigenvalue weighted by Gasteiger charge is -2.08. The maximum atomic E-state index is 11.6. The molecule has 4 nitrogen and oxygen atoms in total. The molecule has 0 spiro atoms. The quantitative estimate of drug-likeness (QED) is 0.916. The Kier molecular flexibility index (Phi) is 4.53. The Morgan fingerprint density at radius 1 is 1.73 bits per heavy atom. The number of carbonyl (C=O) groups is 1. The van der Waals surface area contributed by atoms with Crippen molar-refractivity contribution in [2.75, 3.05) is 12.8 Å². The van der Waals surface area contributed by atoms with Gasteiger partial charge in [-0.2, -0.15) is 0 Å². The molecule has 0 aliphatic heterocycles. The third-order valence-electron chi connectivity index (χ3n) is 1.98. The summed E-state index contributed by atoms with van der Waals surface area (Å²) in [7, 11) is -0.929. The lowest BCUT2D eigenvalue weighted by atomic mass is 10.3. The fourth-order valence-corrected chi connectivity index (χ4v) is 1.64. The van der Waals surface area contributed by atoms with Gasteiger partial charge in [0, 0.05) is 28.9 Å². The van der Waals surface area contributed by atoms with Gasteiger partial charge in [0.05, 0.1) is 11.8 Å². The van der Waals surface area contributed by atoms with E-state index in [0.717, 1.165) is 0 Å². The highest BCUT2D eigenvalue weighted by Gasteiger charge is 2.14. The molecule has 0 radical (unpaired) electrons. The van der Waals surface area contributed by atoms with Crippen LogP contribution in [0.15, 0.2) is 21.4 Å². The third-order valence-corrected chi connectivity index (χ3v) is 3.89. The molecule has 1 aromatic rings. The van der Waals surface area contributed by atoms with Gasteiger partial charge in [0.25, 0.3) is 5.91 Å². The highest BCUT2D eigenvalue weighted by atomic mass is 79.9. The number of hydrogen-bond acceptors (Lipinski definition) is 3. The van der Waals surface area contributed by atoms with Gasteiger partial charge in [-0.05, 0) is 28.9 Å². The van der Waals surface area contributed by atoms with Crippen molar-refractivity contribution in [1.82, 2.24) is 5.32 Å². The molecular weight excluding hydrogens is 282 g/mol. The van der Waals surface area contributed by atoms with Crippen LogP contribution >= 0.6 is 15.9 Å². The van der Waals surface area contributed by atoms with E-state index in [2.05, 4.69) is 21.2 Å². The first-order chi connectivity index (χ1) is 7.02. The molecule has 0 saturated carbocycles. The fraction of sp³-hybridized carbons (Fsp3) is 0.444. The topological polar surface area (TPSA) is 59.3 Å². The molecular formula is C9H12BrNO3S. The molecule has 1 aromatic heterocycles. The number of carbonyl (C=O) groups excluding carboxylic acids is 1. The largest absolute Gasteiger partial charge is 0.457 e. The van der Waals surface area contributed by atoms with Crippen LogP contribution in [0.3, 0.4) is 0 Å². The number of furan rings is 1. The number of nitrogens with one attached hydrogen (secondary N) is 1. The lowest BCUT2D eigenvalue weighted by Crippen LogP contribution is -2.32. The molecule has 0 saturated heterocycles. The first-order valence-electron chi connectivity index (χ1n) is 4.35. The second-order valence-corrected chi connectivity index (χ2v) is 5.65. The molecule has 1 N–H and O–H groups in total. The predicted molar refractivity (Wildman–Crippen MR) is 62.3 cm³/mol. The highest BCUT2D eigenvalue weighted by molar-refractivity contribution is 9.10. The van der Waals surface area contributed by atoms with Crippen molar-refractivity contribution in [3.05, 3.63) is 22.6 Å². The van der Waals surface area contributed by atoms with Crippen molar-refractivity contribution in [1.29, 1.82) is 0 Å². The van der Waals surface area contributed by atoms with E-state index in [-0.39, 0.29) is 11.2 Å². The van der Waals surface area contributed by atoms with Crippen molar-refractivity contribution in [3.8, 4) is 0 Å². The summed E-state index contributed by atoms with van der Waals surface area (Å²) < 4.78 is 16.4. The summed E-state index contributed by atoms with van der Waals surface area (Å²) in [5.74, 6) is -0.229. The van der Waals surface area contributed by atoms with E-state index in [1.165, 1.54) is 6.26 Å². The lowest BCUT2D eigenvalue weighted by molar-refractivity contribution is 0.0952. The molecule has 2 unspecified atom stereocenters. The van der Waals surface area contributed by atoms with Crippen LogP contribution in [0.25, 0.3) is 0 Å².